The molecule has 10 nitrogen and oxygen atoms in total. The first-order valence-corrected chi connectivity index (χ1v) is 15.3. The van der Waals surface area contributed by atoms with Gasteiger partial charge in [-0.05, 0) is 43.9 Å². The van der Waals surface area contributed by atoms with Crippen LogP contribution in [0.4, 0.5) is 38.0 Å². The fourth-order valence-corrected chi connectivity index (χ4v) is 6.85. The second-order valence-corrected chi connectivity index (χ2v) is 12.7. The first-order chi connectivity index (χ1) is 20.7. The molecule has 2 aliphatic heterocycles. The molecule has 238 valence electrons. The Morgan fingerprint density at radius 3 is 2.32 bits per heavy atom. The molecule has 1 aromatic carbocycles. The minimum atomic E-state index is -4.87. The number of sulfonamides is 1. The molecule has 3 aromatic rings. The van der Waals surface area contributed by atoms with Gasteiger partial charge in [-0.15, -0.1) is 0 Å². The highest BCUT2D eigenvalue weighted by atomic mass is 32.2. The predicted molar refractivity (Wildman–Crippen MR) is 147 cm³/mol. The van der Waals surface area contributed by atoms with Crippen molar-refractivity contribution in [3.05, 3.63) is 48.4 Å². The summed E-state index contributed by atoms with van der Waals surface area (Å²) in [5.74, 6) is -0.168. The SMILES string of the molecule is O=CC1CCN(c2cccc(S(=O)(=O)N3CCC(Nc4ncc(C(F)(F)F)c(-c5cnn(CC(F)(F)F)c5)n4)CC3)c2)CC1. The largest absolute Gasteiger partial charge is 0.419 e. The van der Waals surface area contributed by atoms with Crippen LogP contribution in [0.1, 0.15) is 31.2 Å². The average Bonchev–Trinajstić information content (AvgIpc) is 3.44. The van der Waals surface area contributed by atoms with Gasteiger partial charge in [-0.1, -0.05) is 6.07 Å². The maximum atomic E-state index is 13.7. The van der Waals surface area contributed by atoms with Crippen molar-refractivity contribution in [2.24, 2.45) is 5.92 Å². The number of carbonyl (C=O) groups excluding carboxylic acids is 1. The molecule has 0 aliphatic carbocycles. The Balaban J connectivity index is 1.26. The highest BCUT2D eigenvalue weighted by Gasteiger charge is 2.37. The number of aldehydes is 1. The van der Waals surface area contributed by atoms with Crippen LogP contribution in [0.2, 0.25) is 0 Å². The van der Waals surface area contributed by atoms with Crippen LogP contribution in [-0.2, 0) is 27.5 Å². The van der Waals surface area contributed by atoms with Crippen molar-refractivity contribution in [2.45, 2.75) is 55.5 Å². The highest BCUT2D eigenvalue weighted by molar-refractivity contribution is 7.89. The zero-order valence-electron chi connectivity index (χ0n) is 23.2. The Morgan fingerprint density at radius 2 is 1.68 bits per heavy atom. The number of hydrogen-bond donors (Lipinski definition) is 1. The van der Waals surface area contributed by atoms with Crippen molar-refractivity contribution in [1.82, 2.24) is 24.1 Å². The average molecular weight is 646 g/mol. The molecule has 2 aliphatic rings. The lowest BCUT2D eigenvalue weighted by molar-refractivity contribution is -0.142. The van der Waals surface area contributed by atoms with E-state index < -0.39 is 40.2 Å². The number of rotatable bonds is 8. The molecule has 0 saturated carbocycles. The van der Waals surface area contributed by atoms with Gasteiger partial charge in [-0.2, -0.15) is 35.7 Å². The molecule has 0 atom stereocenters. The molecular formula is C27H29F6N7O3S. The molecule has 17 heteroatoms. The molecule has 0 amide bonds. The maximum Gasteiger partial charge on any atom is 0.419 e. The third-order valence-corrected chi connectivity index (χ3v) is 9.58. The Hall–Kier alpha value is -3.73. The van der Waals surface area contributed by atoms with Gasteiger partial charge in [0.25, 0.3) is 0 Å². The summed E-state index contributed by atoms with van der Waals surface area (Å²) in [7, 11) is -3.83. The van der Waals surface area contributed by atoms with Gasteiger partial charge in [0.15, 0.2) is 0 Å². The second kappa shape index (κ2) is 12.3. The van der Waals surface area contributed by atoms with E-state index in [1.165, 1.54) is 10.4 Å². The van der Waals surface area contributed by atoms with Crippen LogP contribution in [0.25, 0.3) is 11.3 Å². The summed E-state index contributed by atoms with van der Waals surface area (Å²) < 4.78 is 108. The number of benzene rings is 1. The number of piperidine rings is 2. The third-order valence-electron chi connectivity index (χ3n) is 7.68. The first-order valence-electron chi connectivity index (χ1n) is 13.8. The van der Waals surface area contributed by atoms with Gasteiger partial charge in [-0.3, -0.25) is 4.68 Å². The molecule has 44 heavy (non-hydrogen) atoms. The summed E-state index contributed by atoms with van der Waals surface area (Å²) in [4.78, 5) is 21.0. The van der Waals surface area contributed by atoms with Crippen LogP contribution < -0.4 is 10.2 Å². The molecule has 5 rings (SSSR count). The van der Waals surface area contributed by atoms with E-state index in [0.29, 0.717) is 49.7 Å². The fourth-order valence-electron chi connectivity index (χ4n) is 5.34. The molecule has 2 saturated heterocycles. The van der Waals surface area contributed by atoms with E-state index in [0.717, 1.165) is 24.4 Å². The van der Waals surface area contributed by atoms with E-state index in [1.54, 1.807) is 12.1 Å². The van der Waals surface area contributed by atoms with E-state index in [2.05, 4.69) is 25.3 Å². The summed E-state index contributed by atoms with van der Waals surface area (Å²) in [6.45, 7) is 0.0803. The standard InChI is InChI=1S/C27H29F6N7O3S/c28-26(29,30)17-39-15-19(13-35-39)24-23(27(31,32)33)14-34-25(37-24)36-20-6-10-40(11-7-20)44(42,43)22-3-1-2-21(12-22)38-8-4-18(16-41)5-9-38/h1-3,12-16,18,20H,4-11,17H2,(H,34,36,37). The summed E-state index contributed by atoms with van der Waals surface area (Å²) >= 11 is 0. The molecule has 4 heterocycles. The zero-order valence-corrected chi connectivity index (χ0v) is 24.0. The molecule has 2 fully saturated rings. The number of anilines is 2. The molecule has 0 bridgehead atoms. The minimum absolute atomic E-state index is 0.00917. The molecule has 0 radical (unpaired) electrons. The lowest BCUT2D eigenvalue weighted by Crippen LogP contribution is -2.42. The molecule has 1 N–H and O–H groups in total. The van der Waals surface area contributed by atoms with Crippen molar-refractivity contribution in [3.63, 3.8) is 0 Å². The van der Waals surface area contributed by atoms with Gasteiger partial charge >= 0.3 is 12.4 Å². The highest BCUT2D eigenvalue weighted by Crippen LogP contribution is 2.36. The number of carbonyl (C=O) groups is 1. The summed E-state index contributed by atoms with van der Waals surface area (Å²) in [6.07, 6.45) is -4.25. The van der Waals surface area contributed by atoms with E-state index >= 15 is 0 Å². The topological polar surface area (TPSA) is 113 Å². The van der Waals surface area contributed by atoms with Crippen LogP contribution in [0.3, 0.4) is 0 Å². The normalized spacial score (nSPS) is 18.0. The van der Waals surface area contributed by atoms with Gasteiger partial charge in [0.05, 0.1) is 16.8 Å². The number of aromatic nitrogens is 4. The summed E-state index contributed by atoms with van der Waals surface area (Å²) in [5.41, 5.74) is -1.36. The lowest BCUT2D eigenvalue weighted by Gasteiger charge is -2.33. The number of nitrogens with zero attached hydrogens (tertiary/aromatic N) is 6. The van der Waals surface area contributed by atoms with Crippen LogP contribution in [0, 0.1) is 5.92 Å². The van der Waals surface area contributed by atoms with Crippen molar-refractivity contribution in [2.75, 3.05) is 36.4 Å². The van der Waals surface area contributed by atoms with Crippen LogP contribution in [-0.4, -0.2) is 77.2 Å². The van der Waals surface area contributed by atoms with Gasteiger partial charge in [-0.25, -0.2) is 18.4 Å². The Kier molecular flexibility index (Phi) is 8.89. The maximum absolute atomic E-state index is 13.7. The van der Waals surface area contributed by atoms with E-state index in [9.17, 15) is 39.6 Å². The predicted octanol–water partition coefficient (Wildman–Crippen LogP) is 4.60. The van der Waals surface area contributed by atoms with Crippen LogP contribution in [0.5, 0.6) is 0 Å². The van der Waals surface area contributed by atoms with Crippen molar-refractivity contribution in [1.29, 1.82) is 0 Å². The van der Waals surface area contributed by atoms with Crippen molar-refractivity contribution >= 4 is 27.9 Å². The molecule has 0 spiro atoms. The van der Waals surface area contributed by atoms with E-state index in [4.69, 9.17) is 0 Å². The first kappa shape index (κ1) is 31.7. The fraction of sp³-hybridized carbons (Fsp3) is 0.481. The Labute approximate surface area is 249 Å². The minimum Gasteiger partial charge on any atom is -0.371 e. The Bertz CT molecular complexity index is 1580. The number of halogens is 6. The zero-order chi connectivity index (χ0) is 31.7. The van der Waals surface area contributed by atoms with Gasteiger partial charge < -0.3 is 15.0 Å². The second-order valence-electron chi connectivity index (χ2n) is 10.8. The summed E-state index contributed by atoms with van der Waals surface area (Å²) in [5, 5.41) is 6.45. The van der Waals surface area contributed by atoms with Gasteiger partial charge in [0.1, 0.15) is 18.4 Å². The Morgan fingerprint density at radius 1 is 0.977 bits per heavy atom. The van der Waals surface area contributed by atoms with Crippen molar-refractivity contribution in [3.8, 4) is 11.3 Å². The number of hydrogen-bond acceptors (Lipinski definition) is 8. The van der Waals surface area contributed by atoms with Gasteiger partial charge in [0, 0.05) is 61.8 Å². The monoisotopic (exact) mass is 645 g/mol. The third kappa shape index (κ3) is 7.31. The van der Waals surface area contributed by atoms with Crippen molar-refractivity contribution < 1.29 is 39.6 Å². The van der Waals surface area contributed by atoms with Crippen LogP contribution >= 0.6 is 0 Å². The molecule has 0 unspecified atom stereocenters. The number of alkyl halides is 6. The quantitative estimate of drug-likeness (QED) is 0.280. The number of nitrogens with one attached hydrogen (secondary N) is 1. The summed E-state index contributed by atoms with van der Waals surface area (Å²) in [6, 6.07) is 6.28. The van der Waals surface area contributed by atoms with Gasteiger partial charge in [0.2, 0.25) is 16.0 Å². The molecule has 2 aromatic heterocycles. The molecular weight excluding hydrogens is 616 g/mol. The lowest BCUT2D eigenvalue weighted by atomic mass is 9.98. The van der Waals surface area contributed by atoms with Crippen LogP contribution in [0.15, 0.2) is 47.8 Å². The van der Waals surface area contributed by atoms with E-state index in [1.807, 2.05) is 6.07 Å². The smallest absolute Gasteiger partial charge is 0.371 e. The van der Waals surface area contributed by atoms with E-state index in [-0.39, 0.29) is 41.5 Å².